The second-order valence-electron chi connectivity index (χ2n) is 3.16. The van der Waals surface area contributed by atoms with Crippen LogP contribution in [0.25, 0.3) is 0 Å². The maximum Gasteiger partial charge on any atom is 1.00 e. The largest absolute Gasteiger partial charge is 1.00 e. The number of ether oxygens (including phenoxy) is 1. The van der Waals surface area contributed by atoms with Gasteiger partial charge in [-0.3, -0.25) is 9.69 Å². The molecule has 2 unspecified atom stereocenters. The first-order valence-corrected chi connectivity index (χ1v) is 4.12. The smallest absolute Gasteiger partial charge is 0.547 e. The number of rotatable bonds is 2. The molecule has 0 bridgehead atoms. The molecule has 2 aliphatic heterocycles. The molecule has 80 valence electrons. The van der Waals surface area contributed by atoms with Crippen LogP contribution in [-0.4, -0.2) is 35.0 Å². The Labute approximate surface area is 140 Å². The van der Waals surface area contributed by atoms with Crippen molar-refractivity contribution < 1.29 is 88.4 Å². The Hall–Kier alpha value is -0.0500. The van der Waals surface area contributed by atoms with E-state index in [1.54, 1.807) is 0 Å². The van der Waals surface area contributed by atoms with Gasteiger partial charge in [0.1, 0.15) is 11.8 Å². The fourth-order valence-corrected chi connectivity index (χ4v) is 1.63. The van der Waals surface area contributed by atoms with E-state index in [1.165, 1.54) is 0 Å². The standard InChI is InChI=1S/C8H7NO6.2Na/c10-4-2-5-9(4)7(8(13)14)3(15-5)1-6(11)12;;/h1,5,7H,2H2,(H,11,12)(H,13,14);;/q;2*+1/p-2/b3-1+;;. The van der Waals surface area contributed by atoms with Crippen LogP contribution in [0.15, 0.2) is 11.8 Å². The second-order valence-corrected chi connectivity index (χ2v) is 3.16. The molecule has 2 atom stereocenters. The third kappa shape index (κ3) is 3.04. The van der Waals surface area contributed by atoms with Crippen molar-refractivity contribution >= 4 is 17.8 Å². The van der Waals surface area contributed by atoms with Gasteiger partial charge >= 0.3 is 59.1 Å². The fraction of sp³-hybridized carbons (Fsp3) is 0.375. The van der Waals surface area contributed by atoms with E-state index in [1.807, 2.05) is 0 Å². The predicted octanol–water partition coefficient (Wildman–Crippen LogP) is -9.66. The Bertz CT molecular complexity index is 395. The zero-order valence-electron chi connectivity index (χ0n) is 9.34. The number of β-lactam (4-membered cyclic amide) rings is 1. The number of aliphatic carboxylic acids is 2. The number of carbonyl (C=O) groups is 3. The van der Waals surface area contributed by atoms with Gasteiger partial charge in [0.25, 0.3) is 0 Å². The van der Waals surface area contributed by atoms with Crippen molar-refractivity contribution in [1.29, 1.82) is 0 Å². The van der Waals surface area contributed by atoms with Crippen molar-refractivity contribution in [3.63, 3.8) is 0 Å². The van der Waals surface area contributed by atoms with E-state index >= 15 is 0 Å². The van der Waals surface area contributed by atoms with E-state index in [4.69, 9.17) is 4.74 Å². The summed E-state index contributed by atoms with van der Waals surface area (Å²) in [7, 11) is 0. The minimum atomic E-state index is -1.58. The molecule has 0 spiro atoms. The summed E-state index contributed by atoms with van der Waals surface area (Å²) in [5, 5.41) is 20.9. The topological polar surface area (TPSA) is 110 Å². The van der Waals surface area contributed by atoms with Gasteiger partial charge in [-0.2, -0.15) is 0 Å². The van der Waals surface area contributed by atoms with Crippen LogP contribution in [0.5, 0.6) is 0 Å². The Morgan fingerprint density at radius 2 is 1.94 bits per heavy atom. The first-order valence-electron chi connectivity index (χ1n) is 4.12. The van der Waals surface area contributed by atoms with Crippen LogP contribution in [0.4, 0.5) is 0 Å². The molecule has 0 aromatic carbocycles. The molecule has 2 saturated heterocycles. The van der Waals surface area contributed by atoms with Gasteiger partial charge in [0, 0.05) is 6.08 Å². The SMILES string of the molecule is O=C([O-])/C=C1/OC2CC(=O)N2C1C(=O)[O-].[Na+].[Na+]. The molecule has 1 amide bonds. The molecule has 2 rings (SSSR count). The number of hydrogen-bond donors (Lipinski definition) is 0. The summed E-state index contributed by atoms with van der Waals surface area (Å²) >= 11 is 0. The van der Waals surface area contributed by atoms with E-state index in [0.29, 0.717) is 6.08 Å². The normalized spacial score (nSPS) is 27.2. The molecule has 0 radical (unpaired) electrons. The Kier molecular flexibility index (Phi) is 6.20. The summed E-state index contributed by atoms with van der Waals surface area (Å²) in [4.78, 5) is 32.9. The van der Waals surface area contributed by atoms with Crippen LogP contribution in [-0.2, 0) is 19.1 Å². The van der Waals surface area contributed by atoms with Crippen molar-refractivity contribution in [3.8, 4) is 0 Å². The number of fused-ring (bicyclic) bond motifs is 1. The molecule has 2 heterocycles. The van der Waals surface area contributed by atoms with Gasteiger partial charge in [-0.05, 0) is 0 Å². The van der Waals surface area contributed by atoms with E-state index in [2.05, 4.69) is 0 Å². The minimum absolute atomic E-state index is 0. The molecule has 0 saturated carbocycles. The Morgan fingerprint density at radius 1 is 1.35 bits per heavy atom. The van der Waals surface area contributed by atoms with E-state index in [-0.39, 0.29) is 71.3 Å². The van der Waals surface area contributed by atoms with Crippen LogP contribution in [0.3, 0.4) is 0 Å². The van der Waals surface area contributed by atoms with Gasteiger partial charge in [-0.15, -0.1) is 0 Å². The molecular weight excluding hydrogens is 252 g/mol. The molecule has 2 aliphatic rings. The van der Waals surface area contributed by atoms with Gasteiger partial charge in [0.15, 0.2) is 6.23 Å². The van der Waals surface area contributed by atoms with Crippen LogP contribution in [0, 0.1) is 0 Å². The number of hydrogen-bond acceptors (Lipinski definition) is 6. The quantitative estimate of drug-likeness (QED) is 0.276. The maximum atomic E-state index is 11.0. The van der Waals surface area contributed by atoms with Crippen molar-refractivity contribution in [2.75, 3.05) is 0 Å². The fourth-order valence-electron chi connectivity index (χ4n) is 1.63. The molecule has 9 heteroatoms. The van der Waals surface area contributed by atoms with Crippen LogP contribution in [0.1, 0.15) is 6.42 Å². The molecule has 0 N–H and O–H groups in total. The van der Waals surface area contributed by atoms with Crippen LogP contribution < -0.4 is 69.3 Å². The number of amides is 1. The maximum absolute atomic E-state index is 11.0. The Morgan fingerprint density at radius 3 is 2.35 bits per heavy atom. The van der Waals surface area contributed by atoms with Gasteiger partial charge in [-0.1, -0.05) is 0 Å². The van der Waals surface area contributed by atoms with Crippen molar-refractivity contribution in [2.45, 2.75) is 18.7 Å². The average molecular weight is 257 g/mol. The first kappa shape index (κ1) is 16.9. The third-order valence-corrected chi connectivity index (χ3v) is 2.25. The zero-order valence-corrected chi connectivity index (χ0v) is 13.3. The predicted molar refractivity (Wildman–Crippen MR) is 38.2 cm³/mol. The van der Waals surface area contributed by atoms with E-state index in [9.17, 15) is 24.6 Å². The molecule has 17 heavy (non-hydrogen) atoms. The summed E-state index contributed by atoms with van der Waals surface area (Å²) in [6.45, 7) is 0. The van der Waals surface area contributed by atoms with Crippen molar-refractivity contribution in [2.24, 2.45) is 0 Å². The second kappa shape index (κ2) is 6.21. The van der Waals surface area contributed by atoms with Crippen LogP contribution >= 0.6 is 0 Å². The molecule has 2 fully saturated rings. The number of carboxylic acid groups (broad SMARTS) is 2. The molecular formula is C8H5NNa2O6. The first-order chi connectivity index (χ1) is 7.00. The molecule has 0 aromatic rings. The van der Waals surface area contributed by atoms with Crippen molar-refractivity contribution in [1.82, 2.24) is 4.90 Å². The molecule has 0 aliphatic carbocycles. The monoisotopic (exact) mass is 257 g/mol. The minimum Gasteiger partial charge on any atom is -0.547 e. The summed E-state index contributed by atoms with van der Waals surface area (Å²) in [6.07, 6.45) is -0.119. The van der Waals surface area contributed by atoms with Crippen molar-refractivity contribution in [3.05, 3.63) is 11.8 Å². The van der Waals surface area contributed by atoms with E-state index in [0.717, 1.165) is 4.90 Å². The number of carbonyl (C=O) groups excluding carboxylic acids is 3. The zero-order chi connectivity index (χ0) is 11.2. The van der Waals surface area contributed by atoms with Crippen LogP contribution in [0.2, 0.25) is 0 Å². The summed E-state index contributed by atoms with van der Waals surface area (Å²) in [5.41, 5.74) is 0. The number of nitrogens with zero attached hydrogens (tertiary/aromatic N) is 1. The summed E-state index contributed by atoms with van der Waals surface area (Å²) in [5.74, 6) is -3.88. The summed E-state index contributed by atoms with van der Waals surface area (Å²) in [6, 6.07) is -1.45. The molecule has 7 nitrogen and oxygen atoms in total. The Balaban J connectivity index is 0.00000128. The van der Waals surface area contributed by atoms with Gasteiger partial charge in [0.05, 0.1) is 18.4 Å². The van der Waals surface area contributed by atoms with Gasteiger partial charge in [-0.25, -0.2) is 0 Å². The van der Waals surface area contributed by atoms with Gasteiger partial charge < -0.3 is 24.5 Å². The summed E-state index contributed by atoms with van der Waals surface area (Å²) < 4.78 is 4.94. The van der Waals surface area contributed by atoms with E-state index < -0.39 is 30.1 Å². The van der Waals surface area contributed by atoms with Gasteiger partial charge in [0.2, 0.25) is 5.91 Å². The average Bonchev–Trinajstić information content (AvgIpc) is 2.37. The molecule has 0 aromatic heterocycles. The third-order valence-electron chi connectivity index (χ3n) is 2.25. The number of carboxylic acids is 2.